The molecule has 1 amide bonds. The van der Waals surface area contributed by atoms with Crippen molar-refractivity contribution in [1.29, 1.82) is 0 Å². The van der Waals surface area contributed by atoms with Crippen LogP contribution in [0.25, 0.3) is 0 Å². The fourth-order valence-corrected chi connectivity index (χ4v) is 1.38. The zero-order valence-electron chi connectivity index (χ0n) is 9.17. The van der Waals surface area contributed by atoms with Gasteiger partial charge in [-0.1, -0.05) is 11.6 Å². The largest absolute Gasteiger partial charge is 0.376 e. The van der Waals surface area contributed by atoms with E-state index in [4.69, 9.17) is 11.6 Å². The Hall–Kier alpha value is -1.22. The van der Waals surface area contributed by atoms with Crippen LogP contribution in [0.1, 0.15) is 5.56 Å². The summed E-state index contributed by atoms with van der Waals surface area (Å²) in [6, 6.07) is 5.54. The van der Waals surface area contributed by atoms with Gasteiger partial charge < -0.3 is 10.2 Å². The molecule has 0 atom stereocenters. The number of carbonyl (C=O) groups excluding carboxylic acids is 1. The van der Waals surface area contributed by atoms with E-state index >= 15 is 0 Å². The van der Waals surface area contributed by atoms with Gasteiger partial charge in [0.2, 0.25) is 5.91 Å². The van der Waals surface area contributed by atoms with Crippen molar-refractivity contribution in [2.24, 2.45) is 0 Å². The topological polar surface area (TPSA) is 32.3 Å². The van der Waals surface area contributed by atoms with Gasteiger partial charge in [-0.25, -0.2) is 0 Å². The summed E-state index contributed by atoms with van der Waals surface area (Å²) >= 11 is 5.83. The summed E-state index contributed by atoms with van der Waals surface area (Å²) in [7, 11) is 3.47. The third-order valence-electron chi connectivity index (χ3n) is 2.12. The first-order valence-corrected chi connectivity index (χ1v) is 5.08. The molecule has 0 aliphatic heterocycles. The Labute approximate surface area is 95.0 Å². The van der Waals surface area contributed by atoms with Crippen LogP contribution < -0.4 is 5.32 Å². The summed E-state index contributed by atoms with van der Waals surface area (Å²) in [6.45, 7) is 2.25. The summed E-state index contributed by atoms with van der Waals surface area (Å²) in [5.74, 6) is 0.0457. The molecular weight excluding hydrogens is 212 g/mol. The number of benzene rings is 1. The number of amides is 1. The Balaban J connectivity index is 2.62. The van der Waals surface area contributed by atoms with Crippen molar-refractivity contribution in [1.82, 2.24) is 4.90 Å². The molecule has 1 aromatic carbocycles. The van der Waals surface area contributed by atoms with E-state index in [-0.39, 0.29) is 5.91 Å². The minimum absolute atomic E-state index is 0.0457. The molecule has 4 heteroatoms. The van der Waals surface area contributed by atoms with Crippen molar-refractivity contribution < 1.29 is 4.79 Å². The molecule has 1 N–H and O–H groups in total. The van der Waals surface area contributed by atoms with E-state index in [0.717, 1.165) is 11.3 Å². The third kappa shape index (κ3) is 3.44. The van der Waals surface area contributed by atoms with Crippen LogP contribution >= 0.6 is 11.6 Å². The number of nitrogens with zero attached hydrogens (tertiary/aromatic N) is 1. The molecule has 0 aromatic heterocycles. The number of hydrogen-bond acceptors (Lipinski definition) is 2. The first-order chi connectivity index (χ1) is 7.00. The molecule has 1 aromatic rings. The van der Waals surface area contributed by atoms with Crippen molar-refractivity contribution in [2.75, 3.05) is 26.0 Å². The van der Waals surface area contributed by atoms with Crippen molar-refractivity contribution in [2.45, 2.75) is 6.92 Å². The molecule has 0 saturated heterocycles. The van der Waals surface area contributed by atoms with E-state index in [1.165, 1.54) is 0 Å². The van der Waals surface area contributed by atoms with Gasteiger partial charge in [-0.05, 0) is 30.7 Å². The fourth-order valence-electron chi connectivity index (χ4n) is 1.15. The molecule has 0 heterocycles. The summed E-state index contributed by atoms with van der Waals surface area (Å²) in [5, 5.41) is 3.78. The van der Waals surface area contributed by atoms with Crippen LogP contribution in [0, 0.1) is 6.92 Å². The zero-order chi connectivity index (χ0) is 11.4. The van der Waals surface area contributed by atoms with Crippen LogP contribution in [0.4, 0.5) is 5.69 Å². The first kappa shape index (κ1) is 11.9. The van der Waals surface area contributed by atoms with Gasteiger partial charge in [0.25, 0.3) is 0 Å². The average Bonchev–Trinajstić information content (AvgIpc) is 2.15. The van der Waals surface area contributed by atoms with Crippen molar-refractivity contribution in [3.8, 4) is 0 Å². The molecule has 0 unspecified atom stereocenters. The molecule has 82 valence electrons. The smallest absolute Gasteiger partial charge is 0.241 e. The molecule has 0 fully saturated rings. The predicted octanol–water partition coefficient (Wildman–Crippen LogP) is 2.15. The van der Waals surface area contributed by atoms with E-state index < -0.39 is 0 Å². The van der Waals surface area contributed by atoms with Crippen LogP contribution in [0.2, 0.25) is 5.02 Å². The summed E-state index contributed by atoms with van der Waals surface area (Å²) in [4.78, 5) is 12.9. The highest BCUT2D eigenvalue weighted by molar-refractivity contribution is 6.30. The van der Waals surface area contributed by atoms with Crippen LogP contribution in [0.15, 0.2) is 18.2 Å². The summed E-state index contributed by atoms with van der Waals surface area (Å²) in [6.07, 6.45) is 0. The highest BCUT2D eigenvalue weighted by Gasteiger charge is 2.04. The van der Waals surface area contributed by atoms with Gasteiger partial charge in [0.15, 0.2) is 0 Å². The van der Waals surface area contributed by atoms with E-state index in [1.807, 2.05) is 19.1 Å². The monoisotopic (exact) mass is 226 g/mol. The van der Waals surface area contributed by atoms with Gasteiger partial charge in [0.1, 0.15) is 0 Å². The Kier molecular flexibility index (Phi) is 3.97. The van der Waals surface area contributed by atoms with Gasteiger partial charge in [-0.2, -0.15) is 0 Å². The maximum atomic E-state index is 11.3. The number of anilines is 1. The molecular formula is C11H15ClN2O. The second-order valence-electron chi connectivity index (χ2n) is 3.60. The molecule has 0 aliphatic carbocycles. The molecule has 0 bridgehead atoms. The van der Waals surface area contributed by atoms with Crippen molar-refractivity contribution in [3.05, 3.63) is 28.8 Å². The van der Waals surface area contributed by atoms with Gasteiger partial charge >= 0.3 is 0 Å². The van der Waals surface area contributed by atoms with Gasteiger partial charge in [-0.15, -0.1) is 0 Å². The van der Waals surface area contributed by atoms with Crippen LogP contribution in [-0.2, 0) is 4.79 Å². The van der Waals surface area contributed by atoms with E-state index in [2.05, 4.69) is 5.32 Å². The second kappa shape index (κ2) is 5.03. The Bertz CT molecular complexity index is 364. The van der Waals surface area contributed by atoms with E-state index in [9.17, 15) is 4.79 Å². The third-order valence-corrected chi connectivity index (χ3v) is 2.35. The SMILES string of the molecule is Cc1cc(Cl)ccc1NCC(=O)N(C)C. The quantitative estimate of drug-likeness (QED) is 0.857. The number of aryl methyl sites for hydroxylation is 1. The highest BCUT2D eigenvalue weighted by atomic mass is 35.5. The first-order valence-electron chi connectivity index (χ1n) is 4.71. The van der Waals surface area contributed by atoms with Gasteiger partial charge in [0.05, 0.1) is 6.54 Å². The fraction of sp³-hybridized carbons (Fsp3) is 0.364. The lowest BCUT2D eigenvalue weighted by atomic mass is 10.2. The predicted molar refractivity (Wildman–Crippen MR) is 63.4 cm³/mol. The highest BCUT2D eigenvalue weighted by Crippen LogP contribution is 2.19. The number of halogens is 1. The summed E-state index contributed by atoms with van der Waals surface area (Å²) < 4.78 is 0. The normalized spacial score (nSPS) is 9.87. The maximum Gasteiger partial charge on any atom is 0.241 e. The molecule has 1 rings (SSSR count). The second-order valence-corrected chi connectivity index (χ2v) is 4.04. The number of hydrogen-bond donors (Lipinski definition) is 1. The molecule has 0 spiro atoms. The van der Waals surface area contributed by atoms with Crippen molar-refractivity contribution in [3.63, 3.8) is 0 Å². The lowest BCUT2D eigenvalue weighted by molar-refractivity contribution is -0.126. The average molecular weight is 227 g/mol. The van der Waals surface area contributed by atoms with Crippen LogP contribution in [-0.4, -0.2) is 31.4 Å². The molecule has 0 radical (unpaired) electrons. The number of carbonyl (C=O) groups is 1. The standard InChI is InChI=1S/C11H15ClN2O/c1-8-6-9(12)4-5-10(8)13-7-11(15)14(2)3/h4-6,13H,7H2,1-3H3. The minimum atomic E-state index is 0.0457. The number of nitrogens with one attached hydrogen (secondary N) is 1. The van der Waals surface area contributed by atoms with Crippen LogP contribution in [0.5, 0.6) is 0 Å². The Morgan fingerprint density at radius 1 is 1.47 bits per heavy atom. The molecule has 15 heavy (non-hydrogen) atoms. The Morgan fingerprint density at radius 3 is 2.67 bits per heavy atom. The lowest BCUT2D eigenvalue weighted by Gasteiger charge is -2.13. The molecule has 0 saturated carbocycles. The van der Waals surface area contributed by atoms with Crippen LogP contribution in [0.3, 0.4) is 0 Å². The lowest BCUT2D eigenvalue weighted by Crippen LogP contribution is -2.28. The zero-order valence-corrected chi connectivity index (χ0v) is 9.93. The van der Waals surface area contributed by atoms with Crippen molar-refractivity contribution >= 4 is 23.2 Å². The minimum Gasteiger partial charge on any atom is -0.376 e. The van der Waals surface area contributed by atoms with Gasteiger partial charge in [-0.3, -0.25) is 4.79 Å². The molecule has 0 aliphatic rings. The van der Waals surface area contributed by atoms with E-state index in [0.29, 0.717) is 11.6 Å². The molecule has 3 nitrogen and oxygen atoms in total. The van der Waals surface area contributed by atoms with E-state index in [1.54, 1.807) is 25.1 Å². The number of likely N-dealkylation sites (N-methyl/N-ethyl adjacent to an activating group) is 1. The summed E-state index contributed by atoms with van der Waals surface area (Å²) in [5.41, 5.74) is 1.98. The van der Waals surface area contributed by atoms with Gasteiger partial charge in [0, 0.05) is 24.8 Å². The Morgan fingerprint density at radius 2 is 2.13 bits per heavy atom. The number of rotatable bonds is 3. The maximum absolute atomic E-state index is 11.3.